The van der Waals surface area contributed by atoms with E-state index >= 15 is 0 Å². The van der Waals surface area contributed by atoms with Crippen LogP contribution in [0.4, 0.5) is 14.5 Å². The second-order valence-corrected chi connectivity index (χ2v) is 5.15. The van der Waals surface area contributed by atoms with Crippen molar-refractivity contribution < 1.29 is 13.5 Å². The van der Waals surface area contributed by atoms with Crippen molar-refractivity contribution in [1.82, 2.24) is 0 Å². The van der Waals surface area contributed by atoms with E-state index in [1.165, 1.54) is 6.07 Å². The van der Waals surface area contributed by atoms with Crippen LogP contribution in [0.15, 0.2) is 16.6 Å². The summed E-state index contributed by atoms with van der Waals surface area (Å²) in [5.74, 6) is -1.16. The van der Waals surface area contributed by atoms with E-state index in [4.69, 9.17) is 4.74 Å². The van der Waals surface area contributed by atoms with E-state index in [1.54, 1.807) is 0 Å². The van der Waals surface area contributed by atoms with Crippen LogP contribution in [-0.4, -0.2) is 18.8 Å². The third-order valence-corrected chi connectivity index (χ3v) is 3.47. The van der Waals surface area contributed by atoms with Crippen molar-refractivity contribution >= 4 is 21.6 Å². The van der Waals surface area contributed by atoms with Crippen LogP contribution in [0, 0.1) is 11.6 Å². The molecule has 2 nitrogen and oxygen atoms in total. The van der Waals surface area contributed by atoms with Crippen LogP contribution in [0.25, 0.3) is 0 Å². The predicted molar refractivity (Wildman–Crippen MR) is 66.1 cm³/mol. The van der Waals surface area contributed by atoms with Crippen LogP contribution >= 0.6 is 15.9 Å². The van der Waals surface area contributed by atoms with Crippen molar-refractivity contribution in [2.75, 3.05) is 11.9 Å². The third-order valence-electron chi connectivity index (χ3n) is 2.84. The summed E-state index contributed by atoms with van der Waals surface area (Å²) in [5, 5.41) is 3.11. The molecule has 1 heterocycles. The van der Waals surface area contributed by atoms with E-state index in [2.05, 4.69) is 21.2 Å². The first kappa shape index (κ1) is 12.8. The Labute approximate surface area is 107 Å². The highest BCUT2D eigenvalue weighted by Gasteiger charge is 2.21. The van der Waals surface area contributed by atoms with Gasteiger partial charge in [0.1, 0.15) is 11.6 Å². The number of nitrogens with one attached hydrogen (secondary N) is 1. The third kappa shape index (κ3) is 3.16. The molecule has 2 atom stereocenters. The van der Waals surface area contributed by atoms with Gasteiger partial charge in [0.25, 0.3) is 0 Å². The van der Waals surface area contributed by atoms with Crippen molar-refractivity contribution in [1.29, 1.82) is 0 Å². The van der Waals surface area contributed by atoms with Crippen LogP contribution in [0.2, 0.25) is 0 Å². The first-order valence-electron chi connectivity index (χ1n) is 5.59. The van der Waals surface area contributed by atoms with Gasteiger partial charge >= 0.3 is 0 Å². The van der Waals surface area contributed by atoms with Gasteiger partial charge in [0.15, 0.2) is 0 Å². The van der Waals surface area contributed by atoms with Gasteiger partial charge in [-0.3, -0.25) is 0 Å². The van der Waals surface area contributed by atoms with E-state index in [9.17, 15) is 8.78 Å². The van der Waals surface area contributed by atoms with E-state index in [0.29, 0.717) is 16.8 Å². The van der Waals surface area contributed by atoms with Crippen molar-refractivity contribution in [2.24, 2.45) is 0 Å². The number of rotatable bonds is 2. The lowest BCUT2D eigenvalue weighted by Crippen LogP contribution is -2.32. The number of anilines is 1. The maximum atomic E-state index is 13.6. The molecule has 2 unspecified atom stereocenters. The monoisotopic (exact) mass is 305 g/mol. The lowest BCUT2D eigenvalue weighted by Gasteiger charge is -2.29. The molecule has 0 amide bonds. The number of ether oxygens (including phenoxy) is 1. The molecule has 17 heavy (non-hydrogen) atoms. The maximum absolute atomic E-state index is 13.6. The van der Waals surface area contributed by atoms with E-state index < -0.39 is 11.6 Å². The first-order valence-corrected chi connectivity index (χ1v) is 6.38. The Balaban J connectivity index is 2.12. The fraction of sp³-hybridized carbons (Fsp3) is 0.500. The molecule has 94 valence electrons. The van der Waals surface area contributed by atoms with Crippen LogP contribution in [0.1, 0.15) is 19.8 Å². The molecule has 1 aliphatic heterocycles. The smallest absolute Gasteiger partial charge is 0.150 e. The minimum absolute atomic E-state index is 0.162. The lowest BCUT2D eigenvalue weighted by atomic mass is 10.0. The lowest BCUT2D eigenvalue weighted by molar-refractivity contribution is 0.0231. The van der Waals surface area contributed by atoms with Gasteiger partial charge in [-0.25, -0.2) is 8.78 Å². The molecule has 0 radical (unpaired) electrons. The Morgan fingerprint density at radius 3 is 2.82 bits per heavy atom. The zero-order valence-corrected chi connectivity index (χ0v) is 11.1. The van der Waals surface area contributed by atoms with Crippen molar-refractivity contribution in [3.05, 3.63) is 28.2 Å². The summed E-state index contributed by atoms with van der Waals surface area (Å²) in [4.78, 5) is 0. The summed E-state index contributed by atoms with van der Waals surface area (Å²) in [7, 11) is 0. The quantitative estimate of drug-likeness (QED) is 0.899. The molecule has 1 aliphatic rings. The molecule has 5 heteroatoms. The zero-order chi connectivity index (χ0) is 12.4. The summed E-state index contributed by atoms with van der Waals surface area (Å²) in [6, 6.07) is 2.30. The molecule has 1 N–H and O–H groups in total. The molecule has 2 rings (SSSR count). The predicted octanol–water partition coefficient (Wildman–Crippen LogP) is 3.71. The number of hydrogen-bond acceptors (Lipinski definition) is 2. The van der Waals surface area contributed by atoms with Gasteiger partial charge < -0.3 is 10.1 Å². The van der Waals surface area contributed by atoms with Crippen LogP contribution in [0.3, 0.4) is 0 Å². The average Bonchev–Trinajstić information content (AvgIpc) is 2.23. The number of benzene rings is 1. The average molecular weight is 306 g/mol. The van der Waals surface area contributed by atoms with Crippen molar-refractivity contribution in [3.63, 3.8) is 0 Å². The summed E-state index contributed by atoms with van der Waals surface area (Å²) < 4.78 is 32.4. The minimum atomic E-state index is -0.583. The Bertz CT molecular complexity index is 390. The minimum Gasteiger partial charge on any atom is -0.379 e. The molecular weight excluding hydrogens is 292 g/mol. The van der Waals surface area contributed by atoms with Crippen molar-refractivity contribution in [3.8, 4) is 0 Å². The Morgan fingerprint density at radius 2 is 2.18 bits per heavy atom. The fourth-order valence-corrected chi connectivity index (χ4v) is 2.54. The van der Waals surface area contributed by atoms with E-state index in [-0.39, 0.29) is 12.1 Å². The second-order valence-electron chi connectivity index (χ2n) is 4.29. The van der Waals surface area contributed by atoms with E-state index in [1.807, 2.05) is 6.92 Å². The largest absolute Gasteiger partial charge is 0.379 e. The van der Waals surface area contributed by atoms with Crippen molar-refractivity contribution in [2.45, 2.75) is 31.9 Å². The van der Waals surface area contributed by atoms with Crippen LogP contribution in [0.5, 0.6) is 0 Å². The van der Waals surface area contributed by atoms with Gasteiger partial charge in [-0.15, -0.1) is 0 Å². The topological polar surface area (TPSA) is 21.3 Å². The van der Waals surface area contributed by atoms with Gasteiger partial charge in [-0.2, -0.15) is 0 Å². The molecule has 1 aromatic carbocycles. The van der Waals surface area contributed by atoms with Crippen LogP contribution in [-0.2, 0) is 4.74 Å². The SMILES string of the molecule is CC1CC(Nc2c(F)cc(F)cc2Br)CCO1. The second kappa shape index (κ2) is 5.31. The highest BCUT2D eigenvalue weighted by atomic mass is 79.9. The number of hydrogen-bond donors (Lipinski definition) is 1. The molecule has 0 bridgehead atoms. The molecule has 1 saturated heterocycles. The summed E-state index contributed by atoms with van der Waals surface area (Å²) >= 11 is 3.17. The summed E-state index contributed by atoms with van der Waals surface area (Å²) in [5.41, 5.74) is 0.325. The fourth-order valence-electron chi connectivity index (χ4n) is 2.01. The van der Waals surface area contributed by atoms with Gasteiger partial charge in [-0.1, -0.05) is 0 Å². The molecule has 0 aliphatic carbocycles. The maximum Gasteiger partial charge on any atom is 0.150 e. The van der Waals surface area contributed by atoms with Gasteiger partial charge in [0.2, 0.25) is 0 Å². The zero-order valence-electron chi connectivity index (χ0n) is 9.47. The molecule has 0 aromatic heterocycles. The number of halogens is 3. The summed E-state index contributed by atoms with van der Waals surface area (Å²) in [6.45, 7) is 2.66. The van der Waals surface area contributed by atoms with Gasteiger partial charge in [-0.05, 0) is 41.8 Å². The van der Waals surface area contributed by atoms with E-state index in [0.717, 1.165) is 18.9 Å². The van der Waals surface area contributed by atoms with Gasteiger partial charge in [0, 0.05) is 23.2 Å². The van der Waals surface area contributed by atoms with Gasteiger partial charge in [0.05, 0.1) is 11.8 Å². The molecular formula is C12H14BrF2NO. The highest BCUT2D eigenvalue weighted by Crippen LogP contribution is 2.29. The van der Waals surface area contributed by atoms with Crippen LogP contribution < -0.4 is 5.32 Å². The Kier molecular flexibility index (Phi) is 3.99. The highest BCUT2D eigenvalue weighted by molar-refractivity contribution is 9.10. The molecule has 1 aromatic rings. The Morgan fingerprint density at radius 1 is 1.41 bits per heavy atom. The Hall–Kier alpha value is -0.680. The standard InChI is InChI=1S/C12H14BrF2NO/c1-7-4-9(2-3-17-7)16-12-10(13)5-8(14)6-11(12)15/h5-7,9,16H,2-4H2,1H3. The first-order chi connectivity index (χ1) is 8.06. The molecule has 1 fully saturated rings. The summed E-state index contributed by atoms with van der Waals surface area (Å²) in [6.07, 6.45) is 1.82. The molecule has 0 spiro atoms. The normalized spacial score (nSPS) is 24.7. The molecule has 0 saturated carbocycles.